The Kier molecular flexibility index (Phi) is 4.02. The molecule has 1 unspecified atom stereocenters. The van der Waals surface area contributed by atoms with Gasteiger partial charge in [0.25, 0.3) is 0 Å². The molecule has 1 aromatic rings. The maximum Gasteiger partial charge on any atom is 0.0762 e. The molecule has 0 bridgehead atoms. The van der Waals surface area contributed by atoms with Crippen LogP contribution in [0.1, 0.15) is 31.4 Å². The zero-order valence-electron chi connectivity index (χ0n) is 10.7. The summed E-state index contributed by atoms with van der Waals surface area (Å²) in [4.78, 5) is 2.39. The molecule has 0 spiro atoms. The van der Waals surface area contributed by atoms with Gasteiger partial charge in [-0.05, 0) is 24.5 Å². The van der Waals surface area contributed by atoms with E-state index >= 15 is 0 Å². The molecule has 1 fully saturated rings. The van der Waals surface area contributed by atoms with Crippen molar-refractivity contribution in [3.63, 3.8) is 0 Å². The first-order valence-electron chi connectivity index (χ1n) is 6.38. The smallest absolute Gasteiger partial charge is 0.0762 e. The van der Waals surface area contributed by atoms with E-state index in [4.69, 9.17) is 10.5 Å². The van der Waals surface area contributed by atoms with Gasteiger partial charge in [-0.1, -0.05) is 25.1 Å². The van der Waals surface area contributed by atoms with E-state index < -0.39 is 0 Å². The van der Waals surface area contributed by atoms with Gasteiger partial charge >= 0.3 is 0 Å². The molecule has 3 heteroatoms. The second-order valence-electron chi connectivity index (χ2n) is 4.67. The van der Waals surface area contributed by atoms with Crippen molar-refractivity contribution in [1.82, 2.24) is 0 Å². The first-order chi connectivity index (χ1) is 8.26. The summed E-state index contributed by atoms with van der Waals surface area (Å²) in [5, 5.41) is 0. The van der Waals surface area contributed by atoms with Crippen LogP contribution in [0.5, 0.6) is 0 Å². The number of ether oxygens (including phenoxy) is 1. The van der Waals surface area contributed by atoms with Gasteiger partial charge in [0.05, 0.1) is 6.10 Å². The highest BCUT2D eigenvalue weighted by Gasteiger charge is 2.24. The molecular weight excluding hydrogens is 212 g/mol. The van der Waals surface area contributed by atoms with Gasteiger partial charge in [-0.15, -0.1) is 0 Å². The van der Waals surface area contributed by atoms with Crippen molar-refractivity contribution in [3.05, 3.63) is 29.8 Å². The quantitative estimate of drug-likeness (QED) is 0.869. The van der Waals surface area contributed by atoms with E-state index in [1.807, 2.05) is 0 Å². The summed E-state index contributed by atoms with van der Waals surface area (Å²) in [5.74, 6) is 0. The lowest BCUT2D eigenvalue weighted by Gasteiger charge is -2.24. The van der Waals surface area contributed by atoms with Crippen LogP contribution in [0.4, 0.5) is 5.69 Å². The van der Waals surface area contributed by atoms with Gasteiger partial charge in [0.2, 0.25) is 0 Å². The van der Waals surface area contributed by atoms with Crippen LogP contribution in [0.3, 0.4) is 0 Å². The van der Waals surface area contributed by atoms with Crippen LogP contribution in [-0.4, -0.2) is 26.3 Å². The third-order valence-corrected chi connectivity index (χ3v) is 3.60. The first kappa shape index (κ1) is 12.4. The topological polar surface area (TPSA) is 38.5 Å². The highest BCUT2D eigenvalue weighted by molar-refractivity contribution is 5.55. The Balaban J connectivity index is 2.20. The normalized spacial score (nSPS) is 21.8. The molecule has 1 aromatic carbocycles. The van der Waals surface area contributed by atoms with E-state index in [9.17, 15) is 0 Å². The lowest BCUT2D eigenvalue weighted by molar-refractivity contribution is 0.121. The highest BCUT2D eigenvalue weighted by Crippen LogP contribution is 2.29. The summed E-state index contributed by atoms with van der Waals surface area (Å²) in [5.41, 5.74) is 8.71. The number of methoxy groups -OCH3 is 1. The molecule has 0 aliphatic carbocycles. The van der Waals surface area contributed by atoms with Crippen molar-refractivity contribution in [3.8, 4) is 0 Å². The maximum absolute atomic E-state index is 6.17. The second kappa shape index (κ2) is 5.52. The largest absolute Gasteiger partial charge is 0.380 e. The molecule has 94 valence electrons. The van der Waals surface area contributed by atoms with Crippen LogP contribution in [0, 0.1) is 0 Å². The van der Waals surface area contributed by atoms with Gasteiger partial charge in [0, 0.05) is 31.9 Å². The average molecular weight is 234 g/mol. The third kappa shape index (κ3) is 2.61. The van der Waals surface area contributed by atoms with Crippen molar-refractivity contribution in [2.45, 2.75) is 31.9 Å². The zero-order valence-corrected chi connectivity index (χ0v) is 10.7. The summed E-state index contributed by atoms with van der Waals surface area (Å²) in [6.45, 7) is 4.17. The minimum atomic E-state index is 0.132. The number of anilines is 1. The zero-order chi connectivity index (χ0) is 12.3. The maximum atomic E-state index is 6.17. The molecule has 2 N–H and O–H groups in total. The molecule has 2 rings (SSSR count). The lowest BCUT2D eigenvalue weighted by Crippen LogP contribution is -2.24. The Morgan fingerprint density at radius 2 is 2.24 bits per heavy atom. The third-order valence-electron chi connectivity index (χ3n) is 3.60. The van der Waals surface area contributed by atoms with Crippen LogP contribution < -0.4 is 10.6 Å². The Morgan fingerprint density at radius 3 is 2.88 bits per heavy atom. The number of nitrogens with zero attached hydrogens (tertiary/aromatic N) is 1. The molecule has 0 aromatic heterocycles. The fourth-order valence-corrected chi connectivity index (χ4v) is 2.45. The van der Waals surface area contributed by atoms with Gasteiger partial charge < -0.3 is 15.4 Å². The van der Waals surface area contributed by atoms with E-state index in [1.54, 1.807) is 7.11 Å². The summed E-state index contributed by atoms with van der Waals surface area (Å²) >= 11 is 0. The molecule has 3 nitrogen and oxygen atoms in total. The number of hydrogen-bond donors (Lipinski definition) is 1. The minimum absolute atomic E-state index is 0.132. The summed E-state index contributed by atoms with van der Waals surface area (Å²) in [6, 6.07) is 8.60. The standard InChI is InChI=1S/C14H22N2O/c1-3-13(15)12-6-4-5-7-14(12)16-9-8-11(10-16)17-2/h4-7,11,13H,3,8-10,15H2,1-2H3/t11?,13-/m1/s1. The fourth-order valence-electron chi connectivity index (χ4n) is 2.45. The summed E-state index contributed by atoms with van der Waals surface area (Å²) in [7, 11) is 1.79. The lowest BCUT2D eigenvalue weighted by atomic mass is 10.0. The Labute approximate surface area is 104 Å². The predicted octanol–water partition coefficient (Wildman–Crippen LogP) is 2.32. The summed E-state index contributed by atoms with van der Waals surface area (Å²) in [6.07, 6.45) is 2.44. The van der Waals surface area contributed by atoms with Crippen molar-refractivity contribution in [2.75, 3.05) is 25.1 Å². The van der Waals surface area contributed by atoms with Crippen molar-refractivity contribution >= 4 is 5.69 Å². The van der Waals surface area contributed by atoms with E-state index in [0.29, 0.717) is 6.10 Å². The molecule has 1 aliphatic rings. The van der Waals surface area contributed by atoms with E-state index in [1.165, 1.54) is 11.3 Å². The van der Waals surface area contributed by atoms with E-state index in [-0.39, 0.29) is 6.04 Å². The molecule has 17 heavy (non-hydrogen) atoms. The Morgan fingerprint density at radius 1 is 1.47 bits per heavy atom. The average Bonchev–Trinajstić information content (AvgIpc) is 2.86. The number of hydrogen-bond acceptors (Lipinski definition) is 3. The van der Waals surface area contributed by atoms with Crippen LogP contribution >= 0.6 is 0 Å². The van der Waals surface area contributed by atoms with E-state index in [0.717, 1.165) is 25.9 Å². The number of nitrogens with two attached hydrogens (primary N) is 1. The molecule has 2 atom stereocenters. The van der Waals surface area contributed by atoms with Crippen LogP contribution in [0.15, 0.2) is 24.3 Å². The summed E-state index contributed by atoms with van der Waals surface area (Å²) < 4.78 is 5.42. The van der Waals surface area contributed by atoms with Crippen LogP contribution in [0.2, 0.25) is 0 Å². The Hall–Kier alpha value is -1.06. The molecular formula is C14H22N2O. The SMILES string of the molecule is CC[C@@H](N)c1ccccc1N1CCC(OC)C1. The molecule has 1 heterocycles. The van der Waals surface area contributed by atoms with E-state index in [2.05, 4.69) is 36.1 Å². The van der Waals surface area contributed by atoms with Gasteiger partial charge in [-0.2, -0.15) is 0 Å². The minimum Gasteiger partial charge on any atom is -0.380 e. The predicted molar refractivity (Wildman–Crippen MR) is 71.3 cm³/mol. The van der Waals surface area contributed by atoms with Gasteiger partial charge in [0.15, 0.2) is 0 Å². The number of benzene rings is 1. The Bertz CT molecular complexity index is 367. The van der Waals surface area contributed by atoms with Gasteiger partial charge in [0.1, 0.15) is 0 Å². The number of rotatable bonds is 4. The second-order valence-corrected chi connectivity index (χ2v) is 4.67. The number of para-hydroxylation sites is 1. The van der Waals surface area contributed by atoms with Crippen molar-refractivity contribution < 1.29 is 4.74 Å². The first-order valence-corrected chi connectivity index (χ1v) is 6.38. The van der Waals surface area contributed by atoms with Crippen LogP contribution in [0.25, 0.3) is 0 Å². The van der Waals surface area contributed by atoms with Crippen molar-refractivity contribution in [1.29, 1.82) is 0 Å². The monoisotopic (exact) mass is 234 g/mol. The highest BCUT2D eigenvalue weighted by atomic mass is 16.5. The van der Waals surface area contributed by atoms with Crippen molar-refractivity contribution in [2.24, 2.45) is 5.73 Å². The molecule has 0 radical (unpaired) electrons. The van der Waals surface area contributed by atoms with Gasteiger partial charge in [-0.3, -0.25) is 0 Å². The fraction of sp³-hybridized carbons (Fsp3) is 0.571. The molecule has 0 saturated carbocycles. The van der Waals surface area contributed by atoms with Gasteiger partial charge in [-0.25, -0.2) is 0 Å². The molecule has 1 aliphatic heterocycles. The molecule has 1 saturated heterocycles. The van der Waals surface area contributed by atoms with Crippen LogP contribution in [-0.2, 0) is 4.74 Å². The molecule has 0 amide bonds.